The second-order valence-corrected chi connectivity index (χ2v) is 8.34. The minimum atomic E-state index is -0.504. The molecule has 0 spiro atoms. The highest BCUT2D eigenvalue weighted by Gasteiger charge is 2.16. The second kappa shape index (κ2) is 12.0. The van der Waals surface area contributed by atoms with Crippen molar-refractivity contribution in [2.45, 2.75) is 19.1 Å². The Hall–Kier alpha value is -1.80. The fraction of sp³-hybridized carbons (Fsp3) is 0.500. The van der Waals surface area contributed by atoms with Gasteiger partial charge in [-0.05, 0) is 29.8 Å². The first kappa shape index (κ1) is 21.9. The molecule has 1 aromatic carbocycles. The van der Waals surface area contributed by atoms with Crippen LogP contribution < -0.4 is 14.8 Å². The highest BCUT2D eigenvalue weighted by Crippen LogP contribution is 2.28. The molecule has 2 N–H and O–H groups in total. The number of aliphatic hydroxyl groups excluding tert-OH is 1. The summed E-state index contributed by atoms with van der Waals surface area (Å²) in [7, 11) is 1.64. The number of thioether (sulfide) groups is 1. The fourth-order valence-electron chi connectivity index (χ4n) is 3.26. The summed E-state index contributed by atoms with van der Waals surface area (Å²) in [6, 6.07) is 11.9. The Morgan fingerprint density at radius 3 is 2.83 bits per heavy atom. The number of hydrogen-bond donors (Lipinski definition) is 2. The van der Waals surface area contributed by atoms with Crippen LogP contribution in [0.15, 0.2) is 42.6 Å². The zero-order valence-electron chi connectivity index (χ0n) is 17.0. The van der Waals surface area contributed by atoms with Crippen LogP contribution in [0.25, 0.3) is 0 Å². The van der Waals surface area contributed by atoms with Gasteiger partial charge in [0, 0.05) is 62.5 Å². The standard InChI is InChI=1S/C22H31N3O3S/c1-27-22-14-18(15-23-9-7-19-4-2-3-8-24-19)5-6-21(22)28-17-20(26)16-25-10-12-29-13-11-25/h2-6,8,14,20,23,26H,7,9-13,15-17H2,1H3/t20-/m1/s1. The zero-order valence-corrected chi connectivity index (χ0v) is 17.9. The number of β-amino-alcohol motifs (C(OH)–C–C–N with tert-alkyl or cyclic N) is 1. The summed E-state index contributed by atoms with van der Waals surface area (Å²) in [5, 5.41) is 13.7. The molecule has 2 aromatic rings. The first-order valence-electron chi connectivity index (χ1n) is 10.1. The van der Waals surface area contributed by atoms with Crippen LogP contribution in [-0.4, -0.2) is 72.5 Å². The summed E-state index contributed by atoms with van der Waals surface area (Å²) >= 11 is 1.97. The van der Waals surface area contributed by atoms with Crippen molar-refractivity contribution >= 4 is 11.8 Å². The number of pyridine rings is 1. The van der Waals surface area contributed by atoms with Crippen LogP contribution >= 0.6 is 11.8 Å². The topological polar surface area (TPSA) is 66.8 Å². The molecule has 0 amide bonds. The van der Waals surface area contributed by atoms with E-state index < -0.39 is 6.10 Å². The van der Waals surface area contributed by atoms with Gasteiger partial charge < -0.3 is 19.9 Å². The highest BCUT2D eigenvalue weighted by atomic mass is 32.2. The van der Waals surface area contributed by atoms with Gasteiger partial charge in [0.1, 0.15) is 12.7 Å². The van der Waals surface area contributed by atoms with E-state index in [1.165, 1.54) is 0 Å². The van der Waals surface area contributed by atoms with Gasteiger partial charge in [0.15, 0.2) is 11.5 Å². The molecule has 0 bridgehead atoms. The number of ether oxygens (including phenoxy) is 2. The smallest absolute Gasteiger partial charge is 0.161 e. The second-order valence-electron chi connectivity index (χ2n) is 7.11. The Labute approximate surface area is 177 Å². The van der Waals surface area contributed by atoms with Crippen molar-refractivity contribution in [3.63, 3.8) is 0 Å². The van der Waals surface area contributed by atoms with E-state index in [1.807, 2.05) is 54.4 Å². The van der Waals surface area contributed by atoms with Gasteiger partial charge in [0.2, 0.25) is 0 Å². The number of aliphatic hydroxyl groups is 1. The van der Waals surface area contributed by atoms with Crippen LogP contribution in [-0.2, 0) is 13.0 Å². The number of nitrogens with one attached hydrogen (secondary N) is 1. The molecule has 29 heavy (non-hydrogen) atoms. The maximum atomic E-state index is 10.3. The summed E-state index contributed by atoms with van der Waals surface area (Å²) in [6.45, 7) is 4.60. The zero-order chi connectivity index (χ0) is 20.3. The van der Waals surface area contributed by atoms with Crippen LogP contribution in [0.3, 0.4) is 0 Å². The molecule has 0 saturated carbocycles. The Bertz CT molecular complexity index is 726. The third kappa shape index (κ3) is 7.51. The quantitative estimate of drug-likeness (QED) is 0.544. The predicted molar refractivity (Wildman–Crippen MR) is 118 cm³/mol. The predicted octanol–water partition coefficient (Wildman–Crippen LogP) is 2.21. The van der Waals surface area contributed by atoms with Gasteiger partial charge in [0.05, 0.1) is 7.11 Å². The molecule has 2 heterocycles. The van der Waals surface area contributed by atoms with E-state index in [9.17, 15) is 5.11 Å². The van der Waals surface area contributed by atoms with Crippen LogP contribution in [0.1, 0.15) is 11.3 Å². The fourth-order valence-corrected chi connectivity index (χ4v) is 4.24. The molecule has 3 rings (SSSR count). The summed E-state index contributed by atoms with van der Waals surface area (Å²) in [6.07, 6.45) is 2.21. The lowest BCUT2D eigenvalue weighted by Crippen LogP contribution is -2.40. The van der Waals surface area contributed by atoms with Gasteiger partial charge in [-0.25, -0.2) is 0 Å². The molecule has 1 aliphatic rings. The normalized spacial score (nSPS) is 15.8. The molecule has 1 saturated heterocycles. The Morgan fingerprint density at radius 2 is 2.07 bits per heavy atom. The number of aromatic nitrogens is 1. The molecule has 0 unspecified atom stereocenters. The summed E-state index contributed by atoms with van der Waals surface area (Å²) in [5.74, 6) is 3.63. The molecule has 6 nitrogen and oxygen atoms in total. The van der Waals surface area contributed by atoms with E-state index >= 15 is 0 Å². The number of benzene rings is 1. The first-order valence-corrected chi connectivity index (χ1v) is 11.3. The van der Waals surface area contributed by atoms with Crippen LogP contribution in [0.5, 0.6) is 11.5 Å². The largest absolute Gasteiger partial charge is 0.493 e. The lowest BCUT2D eigenvalue weighted by atomic mass is 10.2. The molecule has 158 valence electrons. The third-order valence-electron chi connectivity index (χ3n) is 4.85. The van der Waals surface area contributed by atoms with Crippen molar-refractivity contribution in [1.29, 1.82) is 0 Å². The summed E-state index contributed by atoms with van der Waals surface area (Å²) < 4.78 is 11.3. The number of nitrogens with zero attached hydrogens (tertiary/aromatic N) is 2. The van der Waals surface area contributed by atoms with Gasteiger partial charge in [-0.3, -0.25) is 9.88 Å². The average molecular weight is 418 g/mol. The van der Waals surface area contributed by atoms with Crippen molar-refractivity contribution in [2.24, 2.45) is 0 Å². The SMILES string of the molecule is COc1cc(CNCCc2ccccn2)ccc1OC[C@H](O)CN1CCSCC1. The average Bonchev–Trinajstić information content (AvgIpc) is 2.77. The number of hydrogen-bond acceptors (Lipinski definition) is 7. The lowest BCUT2D eigenvalue weighted by molar-refractivity contribution is 0.0705. The van der Waals surface area contributed by atoms with Crippen LogP contribution in [0.2, 0.25) is 0 Å². The lowest BCUT2D eigenvalue weighted by Gasteiger charge is -2.28. The van der Waals surface area contributed by atoms with Crippen molar-refractivity contribution in [1.82, 2.24) is 15.2 Å². The van der Waals surface area contributed by atoms with Crippen molar-refractivity contribution < 1.29 is 14.6 Å². The molecular weight excluding hydrogens is 386 g/mol. The van der Waals surface area contributed by atoms with Crippen LogP contribution in [0, 0.1) is 0 Å². The Kier molecular flexibility index (Phi) is 9.08. The molecule has 7 heteroatoms. The number of methoxy groups -OCH3 is 1. The first-order chi connectivity index (χ1) is 14.2. The van der Waals surface area contributed by atoms with E-state index in [2.05, 4.69) is 15.2 Å². The van der Waals surface area contributed by atoms with E-state index in [0.717, 1.165) is 55.4 Å². The molecule has 1 atom stereocenters. The van der Waals surface area contributed by atoms with E-state index in [0.29, 0.717) is 18.0 Å². The van der Waals surface area contributed by atoms with Crippen molar-refractivity contribution in [3.05, 3.63) is 53.9 Å². The maximum Gasteiger partial charge on any atom is 0.161 e. The Balaban J connectivity index is 1.42. The Morgan fingerprint density at radius 1 is 1.21 bits per heavy atom. The van der Waals surface area contributed by atoms with E-state index in [1.54, 1.807) is 7.11 Å². The van der Waals surface area contributed by atoms with E-state index in [4.69, 9.17) is 9.47 Å². The minimum absolute atomic E-state index is 0.266. The van der Waals surface area contributed by atoms with Crippen molar-refractivity contribution in [3.8, 4) is 11.5 Å². The summed E-state index contributed by atoms with van der Waals surface area (Å²) in [4.78, 5) is 6.63. The highest BCUT2D eigenvalue weighted by molar-refractivity contribution is 7.99. The maximum absolute atomic E-state index is 10.3. The van der Waals surface area contributed by atoms with Gasteiger partial charge in [-0.2, -0.15) is 11.8 Å². The van der Waals surface area contributed by atoms with Gasteiger partial charge in [-0.1, -0.05) is 12.1 Å². The number of rotatable bonds is 11. The molecule has 0 aliphatic carbocycles. The van der Waals surface area contributed by atoms with Gasteiger partial charge in [0.25, 0.3) is 0 Å². The van der Waals surface area contributed by atoms with E-state index in [-0.39, 0.29) is 6.61 Å². The third-order valence-corrected chi connectivity index (χ3v) is 5.79. The monoisotopic (exact) mass is 417 g/mol. The van der Waals surface area contributed by atoms with Gasteiger partial charge in [-0.15, -0.1) is 0 Å². The minimum Gasteiger partial charge on any atom is -0.493 e. The molecule has 1 aliphatic heterocycles. The molecular formula is C22H31N3O3S. The molecule has 1 aromatic heterocycles. The van der Waals surface area contributed by atoms with Crippen molar-refractivity contribution in [2.75, 3.05) is 51.4 Å². The molecule has 1 fully saturated rings. The molecule has 0 radical (unpaired) electrons. The van der Waals surface area contributed by atoms with Crippen LogP contribution in [0.4, 0.5) is 0 Å². The summed E-state index contributed by atoms with van der Waals surface area (Å²) in [5.41, 5.74) is 2.21. The van der Waals surface area contributed by atoms with Gasteiger partial charge >= 0.3 is 0 Å².